The molecule has 1 saturated heterocycles. The van der Waals surface area contributed by atoms with E-state index in [0.29, 0.717) is 22.1 Å². The van der Waals surface area contributed by atoms with Crippen LogP contribution in [-0.4, -0.2) is 44.8 Å². The van der Waals surface area contributed by atoms with E-state index in [0.717, 1.165) is 52.3 Å². The molecule has 2 amide bonds. The molecule has 0 atom stereocenters. The Morgan fingerprint density at radius 2 is 1.43 bits per heavy atom. The van der Waals surface area contributed by atoms with Crippen molar-refractivity contribution in [2.45, 2.75) is 19.8 Å². The Labute approximate surface area is 271 Å². The van der Waals surface area contributed by atoms with Crippen LogP contribution in [0.3, 0.4) is 0 Å². The Bertz CT molecular complexity index is 1980. The van der Waals surface area contributed by atoms with Crippen LogP contribution < -0.4 is 15.5 Å². The van der Waals surface area contributed by atoms with Crippen molar-refractivity contribution in [3.8, 4) is 0 Å². The van der Waals surface area contributed by atoms with Crippen molar-refractivity contribution in [2.75, 3.05) is 28.6 Å². The number of nitrogens with zero attached hydrogens (tertiary/aromatic N) is 5. The molecule has 46 heavy (non-hydrogen) atoms. The summed E-state index contributed by atoms with van der Waals surface area (Å²) in [6.07, 6.45) is 7.22. The Hall–Kier alpha value is -5.41. The maximum absolute atomic E-state index is 12.5. The normalized spacial score (nSPS) is 13.1. The Balaban J connectivity index is 0.000000167. The molecule has 2 aromatic carbocycles. The Kier molecular flexibility index (Phi) is 9.40. The first-order valence-corrected chi connectivity index (χ1v) is 15.4. The third-order valence-electron chi connectivity index (χ3n) is 7.81. The van der Waals surface area contributed by atoms with Crippen molar-refractivity contribution in [3.63, 3.8) is 0 Å². The first-order chi connectivity index (χ1) is 22.4. The zero-order valence-electron chi connectivity index (χ0n) is 25.2. The number of piperidine rings is 1. The predicted octanol–water partition coefficient (Wildman–Crippen LogP) is 7.65. The fraction of sp³-hybridized carbons (Fsp3) is 0.167. The van der Waals surface area contributed by atoms with E-state index < -0.39 is 0 Å². The lowest BCUT2D eigenvalue weighted by molar-refractivity contribution is 0.101. The molecule has 9 nitrogen and oxygen atoms in total. The van der Waals surface area contributed by atoms with E-state index in [2.05, 4.69) is 42.4 Å². The van der Waals surface area contributed by atoms with Gasteiger partial charge in [0.05, 0.1) is 22.2 Å². The monoisotopic (exact) mass is 629 g/mol. The van der Waals surface area contributed by atoms with Crippen LogP contribution in [0.1, 0.15) is 40.5 Å². The van der Waals surface area contributed by atoms with Crippen molar-refractivity contribution in [1.29, 1.82) is 0 Å². The van der Waals surface area contributed by atoms with Gasteiger partial charge in [-0.3, -0.25) is 14.6 Å². The summed E-state index contributed by atoms with van der Waals surface area (Å²) < 4.78 is 0. The van der Waals surface area contributed by atoms with Gasteiger partial charge in [0.15, 0.2) is 0 Å². The highest BCUT2D eigenvalue weighted by Crippen LogP contribution is 2.22. The molecule has 1 fully saturated rings. The molecule has 0 saturated carbocycles. The molecule has 1 aliphatic rings. The standard InChI is InChI=1S/C21H22N4O.C15H10ClN3O/c1-15-8-11-25(12-9-15)20-7-5-17(14-23-20)21(26)24-18-6-4-16-3-2-10-22-19(16)13-18;16-13-7-5-11(9-17-13)15(20)19-14-8-6-10-3-1-2-4-12(10)18-14/h2-7,10,13-15H,8-9,11-12H2,1H3,(H,24,26);1-9H,(H,18,19,20). The van der Waals surface area contributed by atoms with Crippen LogP contribution in [0, 0.1) is 5.92 Å². The van der Waals surface area contributed by atoms with Crippen LogP contribution in [0.5, 0.6) is 0 Å². The van der Waals surface area contributed by atoms with E-state index in [-0.39, 0.29) is 11.8 Å². The van der Waals surface area contributed by atoms with Crippen LogP contribution in [0.15, 0.2) is 110 Å². The minimum absolute atomic E-state index is 0.161. The molecule has 0 spiro atoms. The highest BCUT2D eigenvalue weighted by atomic mass is 35.5. The van der Waals surface area contributed by atoms with Crippen LogP contribution in [0.4, 0.5) is 17.3 Å². The van der Waals surface area contributed by atoms with E-state index in [1.54, 1.807) is 30.6 Å². The molecule has 7 rings (SSSR count). The summed E-state index contributed by atoms with van der Waals surface area (Å²) >= 11 is 5.69. The summed E-state index contributed by atoms with van der Waals surface area (Å²) in [5.74, 6) is 1.81. The van der Waals surface area contributed by atoms with Crippen molar-refractivity contribution in [1.82, 2.24) is 19.9 Å². The summed E-state index contributed by atoms with van der Waals surface area (Å²) in [4.78, 5) is 43.9. The quantitative estimate of drug-likeness (QED) is 0.188. The third kappa shape index (κ3) is 7.62. The fourth-order valence-corrected chi connectivity index (χ4v) is 5.24. The Morgan fingerprint density at radius 1 is 0.739 bits per heavy atom. The molecule has 6 aromatic rings. The lowest BCUT2D eigenvalue weighted by Crippen LogP contribution is -2.33. The summed E-state index contributed by atoms with van der Waals surface area (Å²) in [6, 6.07) is 28.0. The molecule has 0 bridgehead atoms. The fourth-order valence-electron chi connectivity index (χ4n) is 5.13. The molecule has 2 N–H and O–H groups in total. The van der Waals surface area contributed by atoms with Crippen molar-refractivity contribution < 1.29 is 9.59 Å². The first kappa shape index (κ1) is 30.6. The van der Waals surface area contributed by atoms with Gasteiger partial charge >= 0.3 is 0 Å². The molecule has 0 radical (unpaired) electrons. The van der Waals surface area contributed by atoms with Gasteiger partial charge in [-0.15, -0.1) is 0 Å². The van der Waals surface area contributed by atoms with Crippen LogP contribution >= 0.6 is 11.6 Å². The van der Waals surface area contributed by atoms with Gasteiger partial charge in [0.2, 0.25) is 0 Å². The lowest BCUT2D eigenvalue weighted by atomic mass is 9.99. The van der Waals surface area contributed by atoms with E-state index in [1.807, 2.05) is 72.8 Å². The molecule has 0 aliphatic carbocycles. The smallest absolute Gasteiger partial charge is 0.258 e. The van der Waals surface area contributed by atoms with Crippen molar-refractivity contribution in [3.05, 3.63) is 126 Å². The highest BCUT2D eigenvalue weighted by Gasteiger charge is 2.17. The van der Waals surface area contributed by atoms with Gasteiger partial charge in [-0.05, 0) is 79.4 Å². The second-order valence-electron chi connectivity index (χ2n) is 11.2. The third-order valence-corrected chi connectivity index (χ3v) is 8.03. The summed E-state index contributed by atoms with van der Waals surface area (Å²) in [5, 5.41) is 8.09. The molecule has 4 aromatic heterocycles. The number of para-hydroxylation sites is 1. The molecular weight excluding hydrogens is 598 g/mol. The van der Waals surface area contributed by atoms with Gasteiger partial charge in [-0.2, -0.15) is 0 Å². The zero-order chi connectivity index (χ0) is 31.9. The number of nitrogens with one attached hydrogen (secondary N) is 2. The second kappa shape index (κ2) is 14.1. The van der Waals surface area contributed by atoms with E-state index in [1.165, 1.54) is 19.0 Å². The van der Waals surface area contributed by atoms with E-state index in [4.69, 9.17) is 11.6 Å². The molecular formula is C36H32ClN7O2. The average Bonchev–Trinajstić information content (AvgIpc) is 3.09. The number of hydrogen-bond acceptors (Lipinski definition) is 7. The largest absolute Gasteiger partial charge is 0.357 e. The predicted molar refractivity (Wildman–Crippen MR) is 183 cm³/mol. The van der Waals surface area contributed by atoms with Gasteiger partial charge in [0.25, 0.3) is 11.8 Å². The molecule has 0 unspecified atom stereocenters. The topological polar surface area (TPSA) is 113 Å². The number of anilines is 3. The lowest BCUT2D eigenvalue weighted by Gasteiger charge is -2.31. The number of carbonyl (C=O) groups is 2. The van der Waals surface area contributed by atoms with Crippen LogP contribution in [-0.2, 0) is 0 Å². The highest BCUT2D eigenvalue weighted by molar-refractivity contribution is 6.29. The number of benzene rings is 2. The van der Waals surface area contributed by atoms with Gasteiger partial charge in [-0.25, -0.2) is 15.0 Å². The van der Waals surface area contributed by atoms with Gasteiger partial charge < -0.3 is 15.5 Å². The van der Waals surface area contributed by atoms with Gasteiger partial charge in [0.1, 0.15) is 16.8 Å². The van der Waals surface area contributed by atoms with Crippen LogP contribution in [0.2, 0.25) is 5.15 Å². The molecule has 230 valence electrons. The van der Waals surface area contributed by atoms with E-state index >= 15 is 0 Å². The minimum Gasteiger partial charge on any atom is -0.357 e. The van der Waals surface area contributed by atoms with Gasteiger partial charge in [-0.1, -0.05) is 48.9 Å². The van der Waals surface area contributed by atoms with Crippen molar-refractivity contribution in [2.24, 2.45) is 5.92 Å². The number of hydrogen-bond donors (Lipinski definition) is 2. The van der Waals surface area contributed by atoms with Crippen LogP contribution in [0.25, 0.3) is 21.8 Å². The number of pyridine rings is 4. The second-order valence-corrected chi connectivity index (χ2v) is 11.5. The number of halogens is 1. The number of fused-ring (bicyclic) bond motifs is 2. The maximum atomic E-state index is 12.5. The van der Waals surface area contributed by atoms with E-state index in [9.17, 15) is 9.59 Å². The summed E-state index contributed by atoms with van der Waals surface area (Å²) in [5.41, 5.74) is 3.41. The number of carbonyl (C=O) groups excluding carboxylic acids is 2. The first-order valence-electron chi connectivity index (χ1n) is 15.1. The average molecular weight is 630 g/mol. The number of aromatic nitrogens is 4. The maximum Gasteiger partial charge on any atom is 0.258 e. The van der Waals surface area contributed by atoms with Crippen molar-refractivity contribution >= 4 is 62.5 Å². The zero-order valence-corrected chi connectivity index (χ0v) is 26.0. The number of rotatable bonds is 5. The van der Waals surface area contributed by atoms with Gasteiger partial charge in [0, 0.05) is 48.1 Å². The molecule has 10 heteroatoms. The summed E-state index contributed by atoms with van der Waals surface area (Å²) in [7, 11) is 0. The Morgan fingerprint density at radius 3 is 2.20 bits per heavy atom. The SMILES string of the molecule is CC1CCN(c2ccc(C(=O)Nc3ccc4cccnc4c3)cn2)CC1.O=C(Nc1ccc2ccccc2n1)c1ccc(Cl)nc1. The minimum atomic E-state index is -0.267. The molecule has 1 aliphatic heterocycles. The molecule has 5 heterocycles. The summed E-state index contributed by atoms with van der Waals surface area (Å²) in [6.45, 7) is 4.36. The number of amides is 2.